The second-order valence-corrected chi connectivity index (χ2v) is 5.19. The van der Waals surface area contributed by atoms with Crippen molar-refractivity contribution < 1.29 is 9.53 Å². The molecule has 2 aromatic rings. The zero-order chi connectivity index (χ0) is 16.2. The first kappa shape index (κ1) is 15.1. The van der Waals surface area contributed by atoms with E-state index in [-0.39, 0.29) is 5.91 Å². The first-order chi connectivity index (χ1) is 11.2. The summed E-state index contributed by atoms with van der Waals surface area (Å²) >= 11 is 0. The lowest BCUT2D eigenvalue weighted by atomic mass is 10.2. The van der Waals surface area contributed by atoms with Gasteiger partial charge in [-0.15, -0.1) is 0 Å². The van der Waals surface area contributed by atoms with Crippen molar-refractivity contribution in [1.29, 1.82) is 0 Å². The highest BCUT2D eigenvalue weighted by atomic mass is 16.5. The highest BCUT2D eigenvalue weighted by Crippen LogP contribution is 2.19. The lowest BCUT2D eigenvalue weighted by Gasteiger charge is -2.35. The molecule has 1 fully saturated rings. The monoisotopic (exact) mass is 314 g/mol. The normalized spacial score (nSPS) is 14.7. The van der Waals surface area contributed by atoms with E-state index in [0.717, 1.165) is 5.82 Å². The third kappa shape index (κ3) is 3.36. The molecule has 120 valence electrons. The van der Waals surface area contributed by atoms with E-state index in [4.69, 9.17) is 4.74 Å². The number of amides is 1. The number of carbonyl (C=O) groups excluding carboxylic acids is 1. The summed E-state index contributed by atoms with van der Waals surface area (Å²) < 4.78 is 5.19. The quantitative estimate of drug-likeness (QED) is 0.817. The summed E-state index contributed by atoms with van der Waals surface area (Å²) in [5.41, 5.74) is 0.375. The highest BCUT2D eigenvalue weighted by molar-refractivity contribution is 5.92. The van der Waals surface area contributed by atoms with E-state index in [2.05, 4.69) is 24.8 Å². The molecule has 23 heavy (non-hydrogen) atoms. The number of rotatable bonds is 3. The maximum atomic E-state index is 12.4. The second kappa shape index (κ2) is 6.55. The van der Waals surface area contributed by atoms with Crippen LogP contribution in [0, 0.1) is 6.92 Å². The van der Waals surface area contributed by atoms with Gasteiger partial charge in [-0.2, -0.15) is 4.98 Å². The van der Waals surface area contributed by atoms with Crippen LogP contribution in [0.2, 0.25) is 0 Å². The fourth-order valence-electron chi connectivity index (χ4n) is 2.50. The van der Waals surface area contributed by atoms with Crippen LogP contribution < -0.4 is 9.64 Å². The van der Waals surface area contributed by atoms with Crippen LogP contribution in [0.1, 0.15) is 16.3 Å². The molecule has 8 heteroatoms. The van der Waals surface area contributed by atoms with E-state index in [0.29, 0.717) is 43.6 Å². The predicted molar refractivity (Wildman–Crippen MR) is 83.5 cm³/mol. The maximum absolute atomic E-state index is 12.4. The summed E-state index contributed by atoms with van der Waals surface area (Å²) in [5.74, 6) is 1.94. The van der Waals surface area contributed by atoms with Crippen molar-refractivity contribution in [3.8, 4) is 5.88 Å². The minimum Gasteiger partial charge on any atom is -0.481 e. The summed E-state index contributed by atoms with van der Waals surface area (Å²) in [6.07, 6.45) is 4.58. The van der Waals surface area contributed by atoms with E-state index in [9.17, 15) is 4.79 Å². The van der Waals surface area contributed by atoms with Crippen LogP contribution in [-0.4, -0.2) is 64.0 Å². The molecule has 1 amide bonds. The Labute approximate surface area is 134 Å². The molecule has 0 atom stereocenters. The van der Waals surface area contributed by atoms with Crippen molar-refractivity contribution >= 4 is 11.7 Å². The van der Waals surface area contributed by atoms with Crippen molar-refractivity contribution in [2.45, 2.75) is 6.92 Å². The minimum absolute atomic E-state index is 0.0887. The molecule has 8 nitrogen and oxygen atoms in total. The van der Waals surface area contributed by atoms with Crippen molar-refractivity contribution in [3.05, 3.63) is 36.2 Å². The minimum atomic E-state index is -0.0887. The predicted octanol–water partition coefficient (Wildman–Crippen LogP) is 0.546. The van der Waals surface area contributed by atoms with Gasteiger partial charge in [-0.1, -0.05) is 0 Å². The van der Waals surface area contributed by atoms with E-state index in [1.54, 1.807) is 18.2 Å². The van der Waals surface area contributed by atoms with Gasteiger partial charge in [-0.3, -0.25) is 9.78 Å². The van der Waals surface area contributed by atoms with E-state index in [1.807, 2.05) is 13.0 Å². The van der Waals surface area contributed by atoms with Crippen molar-refractivity contribution in [3.63, 3.8) is 0 Å². The number of carbonyl (C=O) groups is 1. The lowest BCUT2D eigenvalue weighted by Crippen LogP contribution is -2.49. The van der Waals surface area contributed by atoms with Crippen LogP contribution in [0.5, 0.6) is 5.88 Å². The van der Waals surface area contributed by atoms with Gasteiger partial charge in [0.25, 0.3) is 5.91 Å². The first-order valence-electron chi connectivity index (χ1n) is 7.37. The summed E-state index contributed by atoms with van der Waals surface area (Å²) in [7, 11) is 1.59. The molecular weight excluding hydrogens is 296 g/mol. The second-order valence-electron chi connectivity index (χ2n) is 5.19. The SMILES string of the molecule is COc1cc(N2CCN(C(=O)c3cnccn3)CC2)nc(C)n1. The Balaban J connectivity index is 1.67. The van der Waals surface area contributed by atoms with Gasteiger partial charge in [0.05, 0.1) is 13.3 Å². The summed E-state index contributed by atoms with van der Waals surface area (Å²) in [5, 5.41) is 0. The van der Waals surface area contributed by atoms with E-state index in [1.165, 1.54) is 12.4 Å². The van der Waals surface area contributed by atoms with E-state index >= 15 is 0 Å². The maximum Gasteiger partial charge on any atom is 0.274 e. The number of aromatic nitrogens is 4. The van der Waals surface area contributed by atoms with Crippen LogP contribution in [0.15, 0.2) is 24.7 Å². The van der Waals surface area contributed by atoms with Gasteiger partial charge in [0.2, 0.25) is 5.88 Å². The molecule has 1 aliphatic rings. The Kier molecular flexibility index (Phi) is 4.31. The zero-order valence-corrected chi connectivity index (χ0v) is 13.1. The number of anilines is 1. The number of piperazine rings is 1. The smallest absolute Gasteiger partial charge is 0.274 e. The summed E-state index contributed by atoms with van der Waals surface area (Å²) in [4.78, 5) is 32.9. The van der Waals surface area contributed by atoms with Crippen molar-refractivity contribution in [2.75, 3.05) is 38.2 Å². The Morgan fingerprint density at radius 1 is 1.17 bits per heavy atom. The zero-order valence-electron chi connectivity index (χ0n) is 13.1. The van der Waals surface area contributed by atoms with Gasteiger partial charge in [-0.25, -0.2) is 9.97 Å². The van der Waals surface area contributed by atoms with Crippen LogP contribution in [-0.2, 0) is 0 Å². The third-order valence-electron chi connectivity index (χ3n) is 3.68. The number of aryl methyl sites for hydroxylation is 1. The lowest BCUT2D eigenvalue weighted by molar-refractivity contribution is 0.0740. The number of methoxy groups -OCH3 is 1. The molecule has 0 aliphatic carbocycles. The Bertz CT molecular complexity index is 686. The Morgan fingerprint density at radius 2 is 1.96 bits per heavy atom. The molecule has 0 radical (unpaired) electrons. The standard InChI is InChI=1S/C15H18N6O2/c1-11-18-13(9-14(19-11)23-2)20-5-7-21(8-6-20)15(22)12-10-16-3-4-17-12/h3-4,9-10H,5-8H2,1-2H3. The molecule has 1 saturated heterocycles. The molecule has 0 spiro atoms. The van der Waals surface area contributed by atoms with Gasteiger partial charge in [0.1, 0.15) is 17.3 Å². The third-order valence-corrected chi connectivity index (χ3v) is 3.68. The fraction of sp³-hybridized carbons (Fsp3) is 0.400. The number of ether oxygens (including phenoxy) is 1. The van der Waals surface area contributed by atoms with Crippen molar-refractivity contribution in [2.24, 2.45) is 0 Å². The van der Waals surface area contributed by atoms with E-state index < -0.39 is 0 Å². The highest BCUT2D eigenvalue weighted by Gasteiger charge is 2.24. The molecule has 1 aliphatic heterocycles. The molecule has 0 saturated carbocycles. The average molecular weight is 314 g/mol. The van der Waals surface area contributed by atoms with Gasteiger partial charge in [0, 0.05) is 44.6 Å². The molecular formula is C15H18N6O2. The van der Waals surface area contributed by atoms with Crippen LogP contribution >= 0.6 is 0 Å². The largest absolute Gasteiger partial charge is 0.481 e. The topological polar surface area (TPSA) is 84.3 Å². The Hall–Kier alpha value is -2.77. The van der Waals surface area contributed by atoms with Crippen molar-refractivity contribution in [1.82, 2.24) is 24.8 Å². The van der Waals surface area contributed by atoms with Crippen LogP contribution in [0.3, 0.4) is 0 Å². The van der Waals surface area contributed by atoms with Gasteiger partial charge < -0.3 is 14.5 Å². The Morgan fingerprint density at radius 3 is 2.61 bits per heavy atom. The average Bonchev–Trinajstić information content (AvgIpc) is 2.61. The number of hydrogen-bond acceptors (Lipinski definition) is 7. The van der Waals surface area contributed by atoms with Gasteiger partial charge in [0.15, 0.2) is 0 Å². The molecule has 3 rings (SSSR count). The number of hydrogen-bond donors (Lipinski definition) is 0. The molecule has 0 aromatic carbocycles. The molecule has 3 heterocycles. The fourth-order valence-corrected chi connectivity index (χ4v) is 2.50. The van der Waals surface area contributed by atoms with Crippen LogP contribution in [0.4, 0.5) is 5.82 Å². The first-order valence-corrected chi connectivity index (χ1v) is 7.37. The molecule has 0 N–H and O–H groups in total. The number of nitrogens with zero attached hydrogens (tertiary/aromatic N) is 6. The molecule has 2 aromatic heterocycles. The molecule has 0 bridgehead atoms. The van der Waals surface area contributed by atoms with Crippen LogP contribution in [0.25, 0.3) is 0 Å². The van der Waals surface area contributed by atoms with Gasteiger partial charge >= 0.3 is 0 Å². The molecule has 0 unspecified atom stereocenters. The summed E-state index contributed by atoms with van der Waals surface area (Å²) in [6.45, 7) is 4.46. The van der Waals surface area contributed by atoms with Gasteiger partial charge in [-0.05, 0) is 6.92 Å². The summed E-state index contributed by atoms with van der Waals surface area (Å²) in [6, 6.07) is 1.81.